The highest BCUT2D eigenvalue weighted by molar-refractivity contribution is 5.78. The van der Waals surface area contributed by atoms with Crippen LogP contribution in [-0.2, 0) is 28.5 Å². The molecule has 0 heterocycles. The first-order valence-corrected chi connectivity index (χ1v) is 9.84. The lowest BCUT2D eigenvalue weighted by Crippen LogP contribution is -2.23. The van der Waals surface area contributed by atoms with Crippen LogP contribution in [0.25, 0.3) is 0 Å². The minimum absolute atomic E-state index is 0.0240. The van der Waals surface area contributed by atoms with Crippen molar-refractivity contribution in [1.82, 2.24) is 0 Å². The minimum atomic E-state index is -1.00. The Morgan fingerprint density at radius 1 is 0.839 bits per heavy atom. The molecule has 0 aliphatic heterocycles. The number of carboxylic acid groups (broad SMARTS) is 1. The molecule has 0 bridgehead atoms. The number of hydrogen-bond donors (Lipinski definition) is 3. The Morgan fingerprint density at radius 3 is 1.68 bits per heavy atom. The molecule has 1 rings (SSSR count). The lowest BCUT2D eigenvalue weighted by Gasteiger charge is -2.13. The van der Waals surface area contributed by atoms with Crippen molar-refractivity contribution in [3.8, 4) is 5.75 Å². The molecule has 0 aliphatic carbocycles. The summed E-state index contributed by atoms with van der Waals surface area (Å²) in [5.41, 5.74) is 0. The third kappa shape index (κ3) is 22.5. The number of rotatable bonds is 19. The number of aliphatic hydroxyl groups is 2. The minimum Gasteiger partial charge on any atom is -0.478 e. The number of carbonyl (C=O) groups is 1. The lowest BCUT2D eigenvalue weighted by molar-refractivity contribution is -0.131. The highest BCUT2D eigenvalue weighted by Gasteiger charge is 2.05. The van der Waals surface area contributed by atoms with Gasteiger partial charge < -0.3 is 43.7 Å². The van der Waals surface area contributed by atoms with Gasteiger partial charge in [-0.1, -0.05) is 24.8 Å². The summed E-state index contributed by atoms with van der Waals surface area (Å²) in [7, 11) is 0. The average Bonchev–Trinajstić information content (AvgIpc) is 2.77. The second-order valence-corrected chi connectivity index (χ2v) is 5.68. The number of benzene rings is 1. The molecule has 31 heavy (non-hydrogen) atoms. The Balaban J connectivity index is 0.00000161. The van der Waals surface area contributed by atoms with Crippen molar-refractivity contribution in [1.29, 1.82) is 0 Å². The van der Waals surface area contributed by atoms with E-state index in [0.29, 0.717) is 65.2 Å². The summed E-state index contributed by atoms with van der Waals surface area (Å²) < 4.78 is 31.6. The van der Waals surface area contributed by atoms with Gasteiger partial charge in [-0.05, 0) is 12.1 Å². The quantitative estimate of drug-likeness (QED) is 0.159. The molecule has 178 valence electrons. The van der Waals surface area contributed by atoms with Crippen LogP contribution in [0.4, 0.5) is 0 Å². The Morgan fingerprint density at radius 2 is 1.26 bits per heavy atom. The normalized spacial score (nSPS) is 11.3. The van der Waals surface area contributed by atoms with E-state index < -0.39 is 12.3 Å². The van der Waals surface area contributed by atoms with Crippen molar-refractivity contribution < 1.29 is 48.5 Å². The molecule has 3 N–H and O–H groups in total. The summed E-state index contributed by atoms with van der Waals surface area (Å²) in [4.78, 5) is 9.25. The molecular weight excluding hydrogens is 412 g/mol. The molecule has 1 aromatic carbocycles. The van der Waals surface area contributed by atoms with Crippen molar-refractivity contribution >= 4 is 5.97 Å². The maximum absolute atomic E-state index is 9.67. The van der Waals surface area contributed by atoms with Gasteiger partial charge in [0.25, 0.3) is 0 Å². The Bertz CT molecular complexity index is 526. The number of carboxylic acids is 1. The number of para-hydroxylation sites is 1. The summed E-state index contributed by atoms with van der Waals surface area (Å²) >= 11 is 0. The van der Waals surface area contributed by atoms with Crippen LogP contribution in [-0.4, -0.2) is 100 Å². The molecule has 1 aromatic rings. The van der Waals surface area contributed by atoms with Crippen LogP contribution >= 0.6 is 0 Å². The van der Waals surface area contributed by atoms with E-state index in [4.69, 9.17) is 38.6 Å². The molecule has 0 radical (unpaired) electrons. The van der Waals surface area contributed by atoms with Crippen LogP contribution < -0.4 is 4.74 Å². The van der Waals surface area contributed by atoms with E-state index in [1.54, 1.807) is 12.1 Å². The van der Waals surface area contributed by atoms with Crippen molar-refractivity contribution in [3.05, 3.63) is 43.0 Å². The van der Waals surface area contributed by atoms with Crippen LogP contribution in [0.5, 0.6) is 5.75 Å². The fourth-order valence-electron chi connectivity index (χ4n) is 1.82. The number of ether oxygens (including phenoxy) is 6. The summed E-state index contributed by atoms with van der Waals surface area (Å²) in [6.07, 6.45) is -0.172. The molecule has 0 saturated heterocycles. The van der Waals surface area contributed by atoms with Gasteiger partial charge in [0.2, 0.25) is 6.29 Å². The maximum atomic E-state index is 9.67. The standard InChI is InChI=1S/C18H30O8.C3H4O2/c19-6-7-21-8-9-22-10-11-23-12-13-24-14-15-25-16-18(20)26-17-4-2-1-3-5-17;1-2-3(4)5/h1-5,18-20H,6-16H2;2H,1H2,(H,4,5). The van der Waals surface area contributed by atoms with Gasteiger partial charge in [-0.25, -0.2) is 4.79 Å². The van der Waals surface area contributed by atoms with Crippen LogP contribution in [0.15, 0.2) is 43.0 Å². The van der Waals surface area contributed by atoms with Crippen LogP contribution in [0.1, 0.15) is 0 Å². The first kappa shape index (κ1) is 28.9. The number of aliphatic carboxylic acids is 1. The van der Waals surface area contributed by atoms with E-state index in [1.807, 2.05) is 18.2 Å². The van der Waals surface area contributed by atoms with Gasteiger partial charge in [-0.2, -0.15) is 0 Å². The zero-order valence-corrected chi connectivity index (χ0v) is 17.7. The molecule has 0 amide bonds. The Hall–Kier alpha value is -2.05. The molecule has 10 heteroatoms. The van der Waals surface area contributed by atoms with Gasteiger partial charge in [0, 0.05) is 6.08 Å². The molecular formula is C21H34O10. The molecule has 0 fully saturated rings. The summed E-state index contributed by atoms with van der Waals surface area (Å²) in [6.45, 7) is 7.05. The average molecular weight is 446 g/mol. The van der Waals surface area contributed by atoms with Gasteiger partial charge in [0.1, 0.15) is 12.4 Å². The fourth-order valence-corrected chi connectivity index (χ4v) is 1.82. The third-order valence-corrected chi connectivity index (χ3v) is 3.17. The highest BCUT2D eigenvalue weighted by Crippen LogP contribution is 2.09. The largest absolute Gasteiger partial charge is 0.478 e. The smallest absolute Gasteiger partial charge is 0.327 e. The second-order valence-electron chi connectivity index (χ2n) is 5.68. The number of hydrogen-bond acceptors (Lipinski definition) is 9. The van der Waals surface area contributed by atoms with Gasteiger partial charge in [-0.3, -0.25) is 0 Å². The van der Waals surface area contributed by atoms with E-state index in [2.05, 4.69) is 6.58 Å². The van der Waals surface area contributed by atoms with Gasteiger partial charge in [0.05, 0.1) is 66.1 Å². The zero-order valence-electron chi connectivity index (χ0n) is 17.7. The lowest BCUT2D eigenvalue weighted by atomic mass is 10.3. The van der Waals surface area contributed by atoms with Gasteiger partial charge in [0.15, 0.2) is 0 Å². The van der Waals surface area contributed by atoms with E-state index in [9.17, 15) is 9.90 Å². The molecule has 0 spiro atoms. The summed E-state index contributed by atoms with van der Waals surface area (Å²) in [6, 6.07) is 9.07. The third-order valence-electron chi connectivity index (χ3n) is 3.17. The van der Waals surface area contributed by atoms with Crippen LogP contribution in [0.2, 0.25) is 0 Å². The topological polar surface area (TPSA) is 133 Å². The van der Waals surface area contributed by atoms with Crippen LogP contribution in [0, 0.1) is 0 Å². The molecule has 1 atom stereocenters. The van der Waals surface area contributed by atoms with E-state index in [0.717, 1.165) is 6.08 Å². The Labute approximate surface area is 182 Å². The van der Waals surface area contributed by atoms with Gasteiger partial charge >= 0.3 is 5.97 Å². The SMILES string of the molecule is C=CC(=O)O.OCCOCCOCCOCCOCCOCC(O)Oc1ccccc1. The first-order chi connectivity index (χ1) is 15.1. The Kier molecular flexibility index (Phi) is 21.1. The molecule has 1 unspecified atom stereocenters. The van der Waals surface area contributed by atoms with Crippen molar-refractivity contribution in [3.63, 3.8) is 0 Å². The second kappa shape index (κ2) is 22.6. The van der Waals surface area contributed by atoms with E-state index in [1.165, 1.54) is 0 Å². The van der Waals surface area contributed by atoms with Crippen molar-refractivity contribution in [2.45, 2.75) is 6.29 Å². The van der Waals surface area contributed by atoms with Gasteiger partial charge in [-0.15, -0.1) is 0 Å². The maximum Gasteiger partial charge on any atom is 0.327 e. The zero-order chi connectivity index (χ0) is 23.0. The molecule has 0 saturated carbocycles. The van der Waals surface area contributed by atoms with E-state index in [-0.39, 0.29) is 13.2 Å². The first-order valence-electron chi connectivity index (χ1n) is 9.84. The van der Waals surface area contributed by atoms with Crippen molar-refractivity contribution in [2.24, 2.45) is 0 Å². The molecule has 0 aromatic heterocycles. The van der Waals surface area contributed by atoms with Crippen LogP contribution in [0.3, 0.4) is 0 Å². The fraction of sp³-hybridized carbons (Fsp3) is 0.571. The highest BCUT2D eigenvalue weighted by atomic mass is 16.6. The predicted molar refractivity (Wildman–Crippen MR) is 112 cm³/mol. The monoisotopic (exact) mass is 446 g/mol. The van der Waals surface area contributed by atoms with Crippen molar-refractivity contribution in [2.75, 3.05) is 72.7 Å². The molecule has 0 aliphatic rings. The number of aliphatic hydroxyl groups excluding tert-OH is 2. The molecule has 10 nitrogen and oxygen atoms in total. The van der Waals surface area contributed by atoms with E-state index >= 15 is 0 Å². The summed E-state index contributed by atoms with van der Waals surface area (Å²) in [5, 5.41) is 25.8. The predicted octanol–water partition coefficient (Wildman–Crippen LogP) is 0.716. The summed E-state index contributed by atoms with van der Waals surface area (Å²) in [5.74, 6) is -0.385.